The van der Waals surface area contributed by atoms with Gasteiger partial charge in [0.2, 0.25) is 5.91 Å². The van der Waals surface area contributed by atoms with Gasteiger partial charge in [0.15, 0.2) is 0 Å². The first kappa shape index (κ1) is 46.6. The molecule has 0 fully saturated rings. The number of amides is 2. The highest BCUT2D eigenvalue weighted by molar-refractivity contribution is 6.04. The maximum Gasteiger partial charge on any atom is 0.326 e. The van der Waals surface area contributed by atoms with Crippen LogP contribution in [0.3, 0.4) is 0 Å². The fraction of sp³-hybridized carbons (Fsp3) is 0.568. The fourth-order valence-electron chi connectivity index (χ4n) is 3.78. The molecule has 52 heavy (non-hydrogen) atoms. The van der Waals surface area contributed by atoms with Gasteiger partial charge in [0.1, 0.15) is 72.4 Å². The van der Waals surface area contributed by atoms with Crippen LogP contribution in [0.15, 0.2) is 29.8 Å². The molecule has 0 spiro atoms. The lowest BCUT2D eigenvalue weighted by Gasteiger charge is -2.26. The molecule has 0 aliphatic heterocycles. The second kappa shape index (κ2) is 19.8. The van der Waals surface area contributed by atoms with E-state index in [2.05, 4.69) is 0 Å². The summed E-state index contributed by atoms with van der Waals surface area (Å²) in [5.74, 6) is -4.15. The van der Waals surface area contributed by atoms with Crippen LogP contribution in [0.5, 0.6) is 5.75 Å². The quantitative estimate of drug-likeness (QED) is 0.146. The van der Waals surface area contributed by atoms with E-state index in [1.165, 1.54) is 30.3 Å². The van der Waals surface area contributed by atoms with E-state index in [4.69, 9.17) is 24.2 Å². The van der Waals surface area contributed by atoms with Crippen LogP contribution in [0.4, 0.5) is 0 Å². The molecular weight excluding hydrogens is 676 g/mol. The third kappa shape index (κ3) is 22.3. The van der Waals surface area contributed by atoms with Gasteiger partial charge in [-0.25, -0.2) is 0 Å². The minimum Gasteiger partial charge on any atom is -0.508 e. The van der Waals surface area contributed by atoms with Gasteiger partial charge in [-0.15, -0.1) is 0 Å². The fourth-order valence-corrected chi connectivity index (χ4v) is 3.78. The van der Waals surface area contributed by atoms with Crippen LogP contribution in [-0.4, -0.2) is 99.2 Å². The summed E-state index contributed by atoms with van der Waals surface area (Å²) in [5.41, 5.74) is -2.75. The molecule has 0 unspecified atom stereocenters. The van der Waals surface area contributed by atoms with Crippen molar-refractivity contribution < 1.29 is 52.8 Å². The van der Waals surface area contributed by atoms with Crippen molar-refractivity contribution in [3.8, 4) is 17.9 Å². The van der Waals surface area contributed by atoms with Crippen molar-refractivity contribution >= 4 is 41.8 Å². The van der Waals surface area contributed by atoms with Crippen LogP contribution in [0.1, 0.15) is 95.1 Å². The largest absolute Gasteiger partial charge is 0.508 e. The van der Waals surface area contributed by atoms with Gasteiger partial charge in [-0.2, -0.15) is 10.5 Å². The van der Waals surface area contributed by atoms with E-state index in [1.807, 2.05) is 0 Å². The van der Waals surface area contributed by atoms with Crippen molar-refractivity contribution in [2.24, 2.45) is 0 Å². The summed E-state index contributed by atoms with van der Waals surface area (Å²) in [4.78, 5) is 74.7. The summed E-state index contributed by atoms with van der Waals surface area (Å²) in [7, 11) is 0. The molecule has 15 nitrogen and oxygen atoms in total. The van der Waals surface area contributed by atoms with Gasteiger partial charge in [0, 0.05) is 0 Å². The van der Waals surface area contributed by atoms with Gasteiger partial charge in [-0.05, 0) is 107 Å². The molecule has 0 radical (unpaired) electrons. The summed E-state index contributed by atoms with van der Waals surface area (Å²) in [6.07, 6.45) is 0.880. The molecular formula is C37H52N4O11. The Morgan fingerprint density at radius 2 is 0.942 bits per heavy atom. The second-order valence-electron chi connectivity index (χ2n) is 15.4. The number of nitrogens with zero attached hydrogens (tertiary/aromatic N) is 4. The zero-order valence-electron chi connectivity index (χ0n) is 32.2. The third-order valence-electron chi connectivity index (χ3n) is 5.39. The van der Waals surface area contributed by atoms with Gasteiger partial charge < -0.3 is 33.9 Å². The normalized spacial score (nSPS) is 11.7. The summed E-state index contributed by atoms with van der Waals surface area (Å²) < 4.78 is 20.7. The molecule has 0 heterocycles. The van der Waals surface area contributed by atoms with Gasteiger partial charge >= 0.3 is 23.9 Å². The molecule has 1 aromatic rings. The number of aromatic hydroxyl groups is 1. The number of benzene rings is 1. The molecule has 286 valence electrons. The molecule has 0 saturated carbocycles. The van der Waals surface area contributed by atoms with Gasteiger partial charge in [0.25, 0.3) is 5.91 Å². The number of carbonyl (C=O) groups is 6. The first-order chi connectivity index (χ1) is 23.5. The molecule has 0 saturated heterocycles. The number of esters is 4. The van der Waals surface area contributed by atoms with Crippen LogP contribution >= 0.6 is 0 Å². The van der Waals surface area contributed by atoms with Crippen molar-refractivity contribution in [1.29, 1.82) is 10.5 Å². The van der Waals surface area contributed by atoms with Crippen molar-refractivity contribution in [2.75, 3.05) is 26.2 Å². The number of hydrogen-bond donors (Lipinski definition) is 1. The summed E-state index contributed by atoms with van der Waals surface area (Å²) in [6, 6.07) is 9.34. The monoisotopic (exact) mass is 728 g/mol. The van der Waals surface area contributed by atoms with Crippen LogP contribution < -0.4 is 0 Å². The molecule has 0 bridgehead atoms. The molecule has 0 atom stereocenters. The summed E-state index contributed by atoms with van der Waals surface area (Å²) >= 11 is 0. The smallest absolute Gasteiger partial charge is 0.326 e. The van der Waals surface area contributed by atoms with Crippen molar-refractivity contribution in [3.63, 3.8) is 0 Å². The van der Waals surface area contributed by atoms with E-state index in [0.29, 0.717) is 5.56 Å². The number of hydrogen-bond acceptors (Lipinski definition) is 13. The SMILES string of the molecule is CC(C)(C)OC(=O)CN(CC(=O)OC(C)(C)C)C(=O)/C(C#N)=C/c1ccc(O)cc1.CC(C)(C)OC(=O)CN(CC(=O)OC(C)(C)C)C(=O)CC#N. The number of carbonyl (C=O) groups excluding carboxylic acids is 6. The van der Waals surface area contributed by atoms with Crippen molar-refractivity contribution in [1.82, 2.24) is 9.80 Å². The Morgan fingerprint density at radius 3 is 1.23 bits per heavy atom. The van der Waals surface area contributed by atoms with E-state index in [9.17, 15) is 39.1 Å². The van der Waals surface area contributed by atoms with Gasteiger partial charge in [-0.3, -0.25) is 28.8 Å². The minimum atomic E-state index is -0.817. The number of ether oxygens (including phenoxy) is 4. The molecule has 0 aliphatic rings. The zero-order valence-corrected chi connectivity index (χ0v) is 32.2. The molecule has 2 amide bonds. The lowest BCUT2D eigenvalue weighted by atomic mass is 10.1. The number of phenolic OH excluding ortho intramolecular Hbond substituents is 1. The Balaban J connectivity index is 0.00000105. The maximum absolute atomic E-state index is 12.9. The van der Waals surface area contributed by atoms with Crippen LogP contribution in [0.25, 0.3) is 6.08 Å². The standard InChI is InChI=1S/C22H28N2O6.C15H24N2O5/c1-21(2,3)29-18(26)13-24(14-19(27)30-22(4,5)6)20(28)16(12-23)11-15-7-9-17(25)10-8-15;1-14(2,3)21-12(19)9-17(11(18)7-8-16)10-13(20)22-15(4,5)6/h7-11,25H,13-14H2,1-6H3;7,9-10H2,1-6H3/b16-11+;. The topological polar surface area (TPSA) is 214 Å². The number of nitriles is 2. The zero-order chi connectivity index (χ0) is 40.7. The van der Waals surface area contributed by atoms with E-state index >= 15 is 0 Å². The number of phenols is 1. The molecule has 0 aromatic heterocycles. The highest BCUT2D eigenvalue weighted by Crippen LogP contribution is 2.16. The minimum absolute atomic E-state index is 0.0356. The Hall–Kier alpha value is -5.44. The molecule has 15 heteroatoms. The molecule has 1 N–H and O–H groups in total. The van der Waals surface area contributed by atoms with Crippen LogP contribution in [0, 0.1) is 22.7 Å². The van der Waals surface area contributed by atoms with E-state index < -0.39 is 90.7 Å². The van der Waals surface area contributed by atoms with Crippen LogP contribution in [-0.2, 0) is 47.7 Å². The maximum atomic E-state index is 12.9. The van der Waals surface area contributed by atoms with Crippen molar-refractivity contribution in [2.45, 2.75) is 112 Å². The van der Waals surface area contributed by atoms with Gasteiger partial charge in [0.05, 0.1) is 6.07 Å². The second-order valence-corrected chi connectivity index (χ2v) is 15.4. The Bertz CT molecular complexity index is 1480. The molecule has 0 aliphatic carbocycles. The third-order valence-corrected chi connectivity index (χ3v) is 5.39. The van der Waals surface area contributed by atoms with Crippen molar-refractivity contribution in [3.05, 3.63) is 35.4 Å². The average molecular weight is 729 g/mol. The highest BCUT2D eigenvalue weighted by Gasteiger charge is 2.29. The first-order valence-corrected chi connectivity index (χ1v) is 16.3. The van der Waals surface area contributed by atoms with E-state index in [1.54, 1.807) is 95.2 Å². The highest BCUT2D eigenvalue weighted by atomic mass is 16.6. The lowest BCUT2D eigenvalue weighted by Crippen LogP contribution is -2.43. The lowest BCUT2D eigenvalue weighted by molar-refractivity contribution is -0.164. The Kier molecular flexibility index (Phi) is 17.7. The Labute approximate surface area is 306 Å². The molecule has 1 rings (SSSR count). The molecule has 1 aromatic carbocycles. The summed E-state index contributed by atoms with van der Waals surface area (Å²) in [6.45, 7) is 18.4. The average Bonchev–Trinajstić information content (AvgIpc) is 2.92. The van der Waals surface area contributed by atoms with Crippen LogP contribution in [0.2, 0.25) is 0 Å². The summed E-state index contributed by atoms with van der Waals surface area (Å²) in [5, 5.41) is 27.4. The number of rotatable bonds is 11. The predicted molar refractivity (Wildman–Crippen MR) is 188 cm³/mol. The Morgan fingerprint density at radius 1 is 0.615 bits per heavy atom. The van der Waals surface area contributed by atoms with Gasteiger partial charge in [-0.1, -0.05) is 12.1 Å². The first-order valence-electron chi connectivity index (χ1n) is 16.3. The predicted octanol–water partition coefficient (Wildman–Crippen LogP) is 4.22. The van der Waals surface area contributed by atoms with E-state index in [0.717, 1.165) is 9.80 Å². The van der Waals surface area contributed by atoms with E-state index in [-0.39, 0.29) is 11.3 Å².